The van der Waals surface area contributed by atoms with Gasteiger partial charge in [0.25, 0.3) is 0 Å². The molecule has 0 unspecified atom stereocenters. The van der Waals surface area contributed by atoms with E-state index in [1.807, 2.05) is 6.92 Å². The second kappa shape index (κ2) is 5.74. The normalized spacial score (nSPS) is 11.6. The first-order valence-corrected chi connectivity index (χ1v) is 7.74. The van der Waals surface area contributed by atoms with Crippen LogP contribution in [0.15, 0.2) is 29.3 Å². The first-order valence-electron chi connectivity index (χ1n) is 6.26. The van der Waals surface area contributed by atoms with E-state index in [1.54, 1.807) is 17.9 Å². The van der Waals surface area contributed by atoms with Crippen molar-refractivity contribution in [1.82, 2.24) is 14.5 Å². The molecule has 0 amide bonds. The highest BCUT2D eigenvalue weighted by Crippen LogP contribution is 2.24. The summed E-state index contributed by atoms with van der Waals surface area (Å²) in [5.41, 5.74) is 7.68. The molecule has 0 atom stereocenters. The molecule has 0 aliphatic heterocycles. The standard InChI is InChI=1S/C13H18N4O3S/c1-9-10(8-17(2)16-9)7-15-21(18,19)11-4-5-12(14)13(6-11)20-3/h4-6,8,15H,7,14H2,1-3H3. The molecule has 0 saturated heterocycles. The third-order valence-electron chi connectivity index (χ3n) is 3.08. The molecule has 0 aliphatic carbocycles. The zero-order chi connectivity index (χ0) is 15.6. The third kappa shape index (κ3) is 3.34. The summed E-state index contributed by atoms with van der Waals surface area (Å²) in [5.74, 6) is 0.329. The molecule has 7 nitrogen and oxygen atoms in total. The van der Waals surface area contributed by atoms with Gasteiger partial charge in [-0.05, 0) is 19.1 Å². The fourth-order valence-corrected chi connectivity index (χ4v) is 2.96. The maximum Gasteiger partial charge on any atom is 0.241 e. The summed E-state index contributed by atoms with van der Waals surface area (Å²) in [5, 5.41) is 4.17. The zero-order valence-electron chi connectivity index (χ0n) is 12.1. The van der Waals surface area contributed by atoms with E-state index in [2.05, 4.69) is 9.82 Å². The Morgan fingerprint density at radius 2 is 2.14 bits per heavy atom. The number of benzene rings is 1. The molecule has 0 bridgehead atoms. The lowest BCUT2D eigenvalue weighted by Crippen LogP contribution is -2.23. The van der Waals surface area contributed by atoms with Crippen molar-refractivity contribution in [3.63, 3.8) is 0 Å². The quantitative estimate of drug-likeness (QED) is 0.796. The lowest BCUT2D eigenvalue weighted by atomic mass is 10.3. The van der Waals surface area contributed by atoms with E-state index in [-0.39, 0.29) is 11.4 Å². The van der Waals surface area contributed by atoms with E-state index >= 15 is 0 Å². The summed E-state index contributed by atoms with van der Waals surface area (Å²) in [6, 6.07) is 4.34. The molecule has 1 heterocycles. The van der Waals surface area contributed by atoms with Crippen molar-refractivity contribution in [2.24, 2.45) is 7.05 Å². The number of ether oxygens (including phenoxy) is 1. The Kier molecular flexibility index (Phi) is 4.19. The van der Waals surface area contributed by atoms with Gasteiger partial charge in [-0.2, -0.15) is 5.10 Å². The van der Waals surface area contributed by atoms with Crippen LogP contribution in [0.1, 0.15) is 11.3 Å². The fourth-order valence-electron chi connectivity index (χ4n) is 1.94. The molecule has 2 rings (SSSR count). The van der Waals surface area contributed by atoms with Crippen LogP contribution in [-0.2, 0) is 23.6 Å². The van der Waals surface area contributed by atoms with Gasteiger partial charge in [0.1, 0.15) is 5.75 Å². The minimum Gasteiger partial charge on any atom is -0.495 e. The summed E-state index contributed by atoms with van der Waals surface area (Å²) >= 11 is 0. The van der Waals surface area contributed by atoms with Crippen molar-refractivity contribution < 1.29 is 13.2 Å². The number of nitrogen functional groups attached to an aromatic ring is 1. The molecule has 1 aromatic carbocycles. The van der Waals surface area contributed by atoms with Gasteiger partial charge < -0.3 is 10.5 Å². The molecule has 0 spiro atoms. The maximum atomic E-state index is 12.3. The Labute approximate surface area is 123 Å². The minimum atomic E-state index is -3.64. The monoisotopic (exact) mass is 310 g/mol. The van der Waals surface area contributed by atoms with Gasteiger partial charge in [0, 0.05) is 31.4 Å². The van der Waals surface area contributed by atoms with Crippen LogP contribution in [0.2, 0.25) is 0 Å². The zero-order valence-corrected chi connectivity index (χ0v) is 12.9. The van der Waals surface area contributed by atoms with Gasteiger partial charge in [-0.15, -0.1) is 0 Å². The Morgan fingerprint density at radius 3 is 2.71 bits per heavy atom. The number of nitrogens with one attached hydrogen (secondary N) is 1. The van der Waals surface area contributed by atoms with Gasteiger partial charge in [-0.25, -0.2) is 13.1 Å². The molecule has 0 aliphatic rings. The highest BCUT2D eigenvalue weighted by atomic mass is 32.2. The smallest absolute Gasteiger partial charge is 0.241 e. The van der Waals surface area contributed by atoms with Crippen LogP contribution in [0.3, 0.4) is 0 Å². The number of sulfonamides is 1. The molecular formula is C13H18N4O3S. The summed E-state index contributed by atoms with van der Waals surface area (Å²) < 4.78 is 33.8. The van der Waals surface area contributed by atoms with Gasteiger partial charge in [0.15, 0.2) is 0 Å². The average molecular weight is 310 g/mol. The number of aryl methyl sites for hydroxylation is 2. The Balaban J connectivity index is 2.20. The van der Waals surface area contributed by atoms with Gasteiger partial charge in [-0.3, -0.25) is 4.68 Å². The van der Waals surface area contributed by atoms with Crippen LogP contribution in [-0.4, -0.2) is 25.3 Å². The van der Waals surface area contributed by atoms with E-state index in [9.17, 15) is 8.42 Å². The minimum absolute atomic E-state index is 0.107. The number of hydrogen-bond donors (Lipinski definition) is 2. The molecule has 0 saturated carbocycles. The van der Waals surface area contributed by atoms with Crippen molar-refractivity contribution in [3.05, 3.63) is 35.7 Å². The van der Waals surface area contributed by atoms with Crippen LogP contribution in [0.4, 0.5) is 5.69 Å². The third-order valence-corrected chi connectivity index (χ3v) is 4.48. The summed E-state index contributed by atoms with van der Waals surface area (Å²) in [4.78, 5) is 0.107. The summed E-state index contributed by atoms with van der Waals surface area (Å²) in [7, 11) is -0.411. The average Bonchev–Trinajstić information content (AvgIpc) is 2.75. The lowest BCUT2D eigenvalue weighted by molar-refractivity contribution is 0.415. The van der Waals surface area contributed by atoms with Gasteiger partial charge in [-0.1, -0.05) is 0 Å². The second-order valence-electron chi connectivity index (χ2n) is 4.64. The first kappa shape index (κ1) is 15.3. The van der Waals surface area contributed by atoms with E-state index < -0.39 is 10.0 Å². The van der Waals surface area contributed by atoms with Gasteiger partial charge in [0.2, 0.25) is 10.0 Å². The molecule has 0 radical (unpaired) electrons. The topological polar surface area (TPSA) is 99.2 Å². The lowest BCUT2D eigenvalue weighted by Gasteiger charge is -2.09. The molecule has 114 valence electrons. The van der Waals surface area contributed by atoms with Gasteiger partial charge in [0.05, 0.1) is 23.4 Å². The van der Waals surface area contributed by atoms with E-state index in [4.69, 9.17) is 10.5 Å². The highest BCUT2D eigenvalue weighted by molar-refractivity contribution is 7.89. The number of rotatable bonds is 5. The number of methoxy groups -OCH3 is 1. The van der Waals surface area contributed by atoms with Crippen LogP contribution in [0, 0.1) is 6.92 Å². The van der Waals surface area contributed by atoms with E-state index in [1.165, 1.54) is 25.3 Å². The number of hydrogen-bond acceptors (Lipinski definition) is 5. The van der Waals surface area contributed by atoms with Crippen LogP contribution in [0.5, 0.6) is 5.75 Å². The molecule has 1 aromatic heterocycles. The van der Waals surface area contributed by atoms with Crippen LogP contribution >= 0.6 is 0 Å². The van der Waals surface area contributed by atoms with Crippen molar-refractivity contribution in [2.45, 2.75) is 18.4 Å². The molecule has 8 heteroatoms. The number of anilines is 1. The number of aromatic nitrogens is 2. The summed E-state index contributed by atoms with van der Waals surface area (Å²) in [6.07, 6.45) is 1.78. The van der Waals surface area contributed by atoms with Gasteiger partial charge >= 0.3 is 0 Å². The fraction of sp³-hybridized carbons (Fsp3) is 0.308. The van der Waals surface area contributed by atoms with E-state index in [0.29, 0.717) is 11.4 Å². The first-order chi connectivity index (χ1) is 9.83. The van der Waals surface area contributed by atoms with E-state index in [0.717, 1.165) is 11.3 Å². The largest absolute Gasteiger partial charge is 0.495 e. The SMILES string of the molecule is COc1cc(S(=O)(=O)NCc2cn(C)nc2C)ccc1N. The van der Waals surface area contributed by atoms with Crippen LogP contribution < -0.4 is 15.2 Å². The van der Waals surface area contributed by atoms with Crippen molar-refractivity contribution in [3.8, 4) is 5.75 Å². The Bertz CT molecular complexity index is 753. The van der Waals surface area contributed by atoms with Crippen molar-refractivity contribution >= 4 is 15.7 Å². The van der Waals surface area contributed by atoms with Crippen LogP contribution in [0.25, 0.3) is 0 Å². The van der Waals surface area contributed by atoms with Crippen molar-refractivity contribution in [1.29, 1.82) is 0 Å². The number of nitrogens with zero attached hydrogens (tertiary/aromatic N) is 2. The molecule has 3 N–H and O–H groups in total. The molecule has 21 heavy (non-hydrogen) atoms. The molecule has 0 fully saturated rings. The Morgan fingerprint density at radius 1 is 1.43 bits per heavy atom. The maximum absolute atomic E-state index is 12.3. The molecule has 2 aromatic rings. The predicted octanol–water partition coefficient (Wildman–Crippen LogP) is 0.798. The second-order valence-corrected chi connectivity index (χ2v) is 6.41. The Hall–Kier alpha value is -2.06. The summed E-state index contributed by atoms with van der Waals surface area (Å²) in [6.45, 7) is 2.00. The van der Waals surface area contributed by atoms with Crippen molar-refractivity contribution in [2.75, 3.05) is 12.8 Å². The molecular weight excluding hydrogens is 292 g/mol. The highest BCUT2D eigenvalue weighted by Gasteiger charge is 2.16. The number of nitrogens with two attached hydrogens (primary N) is 1. The predicted molar refractivity (Wildman–Crippen MR) is 79.4 cm³/mol.